The molecule has 1 aromatic heterocycles. The number of aliphatic hydroxyl groups is 1. The van der Waals surface area contributed by atoms with E-state index < -0.39 is 15.6 Å². The van der Waals surface area contributed by atoms with Gasteiger partial charge in [-0.2, -0.15) is 4.31 Å². The molecule has 0 aliphatic carbocycles. The summed E-state index contributed by atoms with van der Waals surface area (Å²) < 4.78 is 25.5. The maximum absolute atomic E-state index is 12.1. The number of rotatable bonds is 4. The van der Waals surface area contributed by atoms with Gasteiger partial charge in [-0.3, -0.25) is 0 Å². The van der Waals surface area contributed by atoms with E-state index in [1.807, 2.05) is 0 Å². The number of thiazole rings is 1. The lowest BCUT2D eigenvalue weighted by Crippen LogP contribution is -2.47. The van der Waals surface area contributed by atoms with Gasteiger partial charge in [-0.05, 0) is 13.8 Å². The molecule has 1 rings (SSSR count). The average molecular weight is 285 g/mol. The van der Waals surface area contributed by atoms with Gasteiger partial charge in [0.25, 0.3) is 10.0 Å². The predicted octanol–water partition coefficient (Wildman–Crippen LogP) is 1.19. The Morgan fingerprint density at radius 2 is 2.19 bits per heavy atom. The lowest BCUT2D eigenvalue weighted by molar-refractivity contribution is 0.138. The van der Waals surface area contributed by atoms with Crippen molar-refractivity contribution in [2.24, 2.45) is 0 Å². The van der Waals surface area contributed by atoms with Crippen LogP contribution < -0.4 is 0 Å². The molecule has 0 amide bonds. The van der Waals surface area contributed by atoms with Crippen molar-refractivity contribution < 1.29 is 13.5 Å². The van der Waals surface area contributed by atoms with Gasteiger partial charge < -0.3 is 5.11 Å². The van der Waals surface area contributed by atoms with Crippen LogP contribution in [0.3, 0.4) is 0 Å². The summed E-state index contributed by atoms with van der Waals surface area (Å²) in [7, 11) is -2.23. The Labute approximate surface area is 104 Å². The maximum Gasteiger partial charge on any atom is 0.254 e. The van der Waals surface area contributed by atoms with Crippen LogP contribution in [0.15, 0.2) is 10.4 Å². The SMILES string of the molecule is CN(C(C)(C)CO)S(=O)(=O)c1cnc(Cl)s1. The molecule has 0 unspecified atom stereocenters. The molecule has 0 saturated heterocycles. The molecule has 0 aromatic carbocycles. The molecule has 1 aromatic rings. The van der Waals surface area contributed by atoms with E-state index in [4.69, 9.17) is 16.7 Å². The molecule has 1 heterocycles. The molecule has 0 aliphatic rings. The van der Waals surface area contributed by atoms with Gasteiger partial charge in [0.15, 0.2) is 8.68 Å². The first-order valence-electron chi connectivity index (χ1n) is 4.43. The Bertz CT molecular complexity index is 469. The van der Waals surface area contributed by atoms with Gasteiger partial charge in [-0.25, -0.2) is 13.4 Å². The third-order valence-electron chi connectivity index (χ3n) is 2.31. The smallest absolute Gasteiger partial charge is 0.254 e. The molecular formula is C8H13ClN2O3S2. The fourth-order valence-electron chi connectivity index (χ4n) is 0.918. The van der Waals surface area contributed by atoms with Gasteiger partial charge in [-0.1, -0.05) is 22.9 Å². The third-order valence-corrected chi connectivity index (χ3v) is 5.93. The highest BCUT2D eigenvalue weighted by Crippen LogP contribution is 2.28. The van der Waals surface area contributed by atoms with Crippen LogP contribution in [0.5, 0.6) is 0 Å². The Balaban J connectivity index is 3.13. The average Bonchev–Trinajstić information content (AvgIpc) is 2.64. The highest BCUT2D eigenvalue weighted by atomic mass is 35.5. The Morgan fingerprint density at radius 1 is 1.62 bits per heavy atom. The van der Waals surface area contributed by atoms with Gasteiger partial charge >= 0.3 is 0 Å². The van der Waals surface area contributed by atoms with Crippen molar-refractivity contribution in [1.82, 2.24) is 9.29 Å². The van der Waals surface area contributed by atoms with E-state index in [9.17, 15) is 8.42 Å². The van der Waals surface area contributed by atoms with Gasteiger partial charge in [0.1, 0.15) is 0 Å². The molecule has 0 bridgehead atoms. The first-order chi connectivity index (χ1) is 7.21. The molecular weight excluding hydrogens is 272 g/mol. The summed E-state index contributed by atoms with van der Waals surface area (Å²) in [5.74, 6) is 0. The predicted molar refractivity (Wildman–Crippen MR) is 63.2 cm³/mol. The number of hydrogen-bond acceptors (Lipinski definition) is 5. The van der Waals surface area contributed by atoms with Crippen molar-refractivity contribution in [2.75, 3.05) is 13.7 Å². The van der Waals surface area contributed by atoms with Crippen LogP contribution in [-0.2, 0) is 10.0 Å². The zero-order valence-electron chi connectivity index (χ0n) is 9.14. The lowest BCUT2D eigenvalue weighted by Gasteiger charge is -2.32. The summed E-state index contributed by atoms with van der Waals surface area (Å²) in [5.41, 5.74) is -0.866. The zero-order valence-corrected chi connectivity index (χ0v) is 11.5. The number of likely N-dealkylation sites (N-methyl/N-ethyl adjacent to an activating group) is 1. The first-order valence-corrected chi connectivity index (χ1v) is 7.06. The number of sulfonamides is 1. The summed E-state index contributed by atoms with van der Waals surface area (Å²) >= 11 is 6.49. The van der Waals surface area contributed by atoms with Gasteiger partial charge in [0, 0.05) is 7.05 Å². The summed E-state index contributed by atoms with van der Waals surface area (Å²) in [6, 6.07) is 0. The fraction of sp³-hybridized carbons (Fsp3) is 0.625. The van der Waals surface area contributed by atoms with Crippen LogP contribution in [0.4, 0.5) is 0 Å². The molecule has 0 saturated carbocycles. The second-order valence-electron chi connectivity index (χ2n) is 3.88. The highest BCUT2D eigenvalue weighted by Gasteiger charge is 2.34. The van der Waals surface area contributed by atoms with Crippen molar-refractivity contribution in [3.05, 3.63) is 10.7 Å². The van der Waals surface area contributed by atoms with E-state index >= 15 is 0 Å². The van der Waals surface area contributed by atoms with Crippen LogP contribution >= 0.6 is 22.9 Å². The number of halogens is 1. The lowest BCUT2D eigenvalue weighted by atomic mass is 10.1. The van der Waals surface area contributed by atoms with Gasteiger partial charge in [0.2, 0.25) is 0 Å². The van der Waals surface area contributed by atoms with E-state index in [1.54, 1.807) is 13.8 Å². The third kappa shape index (κ3) is 2.54. The van der Waals surface area contributed by atoms with Crippen molar-refractivity contribution in [3.8, 4) is 0 Å². The summed E-state index contributed by atoms with van der Waals surface area (Å²) in [6.45, 7) is 3.00. The quantitative estimate of drug-likeness (QED) is 0.901. The standard InChI is InChI=1S/C8H13ClN2O3S2/c1-8(2,5-12)11(3)16(13,14)6-4-10-7(9)15-6/h4,12H,5H2,1-3H3. The minimum atomic E-state index is -3.64. The van der Waals surface area contributed by atoms with Gasteiger partial charge in [-0.15, -0.1) is 0 Å². The molecule has 1 N–H and O–H groups in total. The topological polar surface area (TPSA) is 70.5 Å². The number of hydrogen-bond donors (Lipinski definition) is 1. The van der Waals surface area contributed by atoms with Crippen LogP contribution in [0, 0.1) is 0 Å². The number of nitrogens with zero attached hydrogens (tertiary/aromatic N) is 2. The summed E-state index contributed by atoms with van der Waals surface area (Å²) in [4.78, 5) is 3.69. The monoisotopic (exact) mass is 284 g/mol. The van der Waals surface area contributed by atoms with E-state index in [2.05, 4.69) is 4.98 Å². The molecule has 0 atom stereocenters. The number of aromatic nitrogens is 1. The van der Waals surface area contributed by atoms with E-state index in [-0.39, 0.29) is 15.3 Å². The molecule has 5 nitrogen and oxygen atoms in total. The van der Waals surface area contributed by atoms with Crippen molar-refractivity contribution in [2.45, 2.75) is 23.6 Å². The molecule has 16 heavy (non-hydrogen) atoms. The molecule has 8 heteroatoms. The second kappa shape index (κ2) is 4.58. The molecule has 0 aliphatic heterocycles. The first kappa shape index (κ1) is 13.9. The highest BCUT2D eigenvalue weighted by molar-refractivity contribution is 7.91. The Kier molecular flexibility index (Phi) is 3.96. The van der Waals surface area contributed by atoms with E-state index in [0.29, 0.717) is 0 Å². The molecule has 0 spiro atoms. The summed E-state index contributed by atoms with van der Waals surface area (Å²) in [6.07, 6.45) is 1.21. The zero-order chi connectivity index (χ0) is 12.6. The van der Waals surface area contributed by atoms with Crippen molar-refractivity contribution >= 4 is 33.0 Å². The van der Waals surface area contributed by atoms with Crippen LogP contribution in [0.1, 0.15) is 13.8 Å². The van der Waals surface area contributed by atoms with Crippen LogP contribution in [0.25, 0.3) is 0 Å². The fourth-order valence-corrected chi connectivity index (χ4v) is 3.89. The largest absolute Gasteiger partial charge is 0.394 e. The van der Waals surface area contributed by atoms with Crippen molar-refractivity contribution in [3.63, 3.8) is 0 Å². The van der Waals surface area contributed by atoms with Gasteiger partial charge in [0.05, 0.1) is 18.3 Å². The van der Waals surface area contributed by atoms with E-state index in [1.165, 1.54) is 13.2 Å². The normalized spacial score (nSPS) is 13.4. The summed E-state index contributed by atoms with van der Waals surface area (Å²) in [5, 5.41) is 9.14. The Hall–Kier alpha value is -0.210. The minimum absolute atomic E-state index is 0.0709. The molecule has 0 radical (unpaired) electrons. The molecule has 92 valence electrons. The minimum Gasteiger partial charge on any atom is -0.394 e. The van der Waals surface area contributed by atoms with Crippen LogP contribution in [-0.4, -0.2) is 42.0 Å². The molecule has 0 fully saturated rings. The maximum atomic E-state index is 12.1. The van der Waals surface area contributed by atoms with E-state index in [0.717, 1.165) is 15.6 Å². The van der Waals surface area contributed by atoms with Crippen molar-refractivity contribution in [1.29, 1.82) is 0 Å². The number of aliphatic hydroxyl groups excluding tert-OH is 1. The Morgan fingerprint density at radius 3 is 2.56 bits per heavy atom. The second-order valence-corrected chi connectivity index (χ2v) is 7.68. The van der Waals surface area contributed by atoms with Crippen LogP contribution in [0.2, 0.25) is 4.47 Å².